The minimum atomic E-state index is -0.535. The van der Waals surface area contributed by atoms with Crippen molar-refractivity contribution in [1.29, 1.82) is 0 Å². The predicted octanol–water partition coefficient (Wildman–Crippen LogP) is 4.58. The number of hydrogen-bond donors (Lipinski definition) is 0. The molecule has 20 heavy (non-hydrogen) atoms. The molecule has 0 aliphatic carbocycles. The highest BCUT2D eigenvalue weighted by atomic mass is 19.1. The summed E-state index contributed by atoms with van der Waals surface area (Å²) in [5.74, 6) is -1.20. The SMILES string of the molecule is CC(=O)c1cc(F)c(C)cc1Oc1cc(C)ccc1F. The molecule has 104 valence electrons. The van der Waals surface area contributed by atoms with Gasteiger partial charge < -0.3 is 4.74 Å². The van der Waals surface area contributed by atoms with Gasteiger partial charge in [0.1, 0.15) is 11.6 Å². The fraction of sp³-hybridized carbons (Fsp3) is 0.188. The molecule has 0 spiro atoms. The first kappa shape index (κ1) is 14.2. The van der Waals surface area contributed by atoms with E-state index in [2.05, 4.69) is 0 Å². The molecule has 0 aliphatic heterocycles. The molecule has 2 nitrogen and oxygen atoms in total. The van der Waals surface area contributed by atoms with Gasteiger partial charge in [0, 0.05) is 0 Å². The van der Waals surface area contributed by atoms with Crippen LogP contribution < -0.4 is 4.74 Å². The maximum atomic E-state index is 13.7. The Labute approximate surface area is 116 Å². The lowest BCUT2D eigenvalue weighted by atomic mass is 10.1. The zero-order valence-corrected chi connectivity index (χ0v) is 11.5. The van der Waals surface area contributed by atoms with Crippen molar-refractivity contribution in [2.24, 2.45) is 0 Å². The van der Waals surface area contributed by atoms with Crippen LogP contribution in [-0.2, 0) is 0 Å². The van der Waals surface area contributed by atoms with Crippen molar-refractivity contribution in [2.45, 2.75) is 20.8 Å². The number of hydrogen-bond acceptors (Lipinski definition) is 2. The van der Waals surface area contributed by atoms with E-state index in [-0.39, 0.29) is 22.8 Å². The summed E-state index contributed by atoms with van der Waals surface area (Å²) in [6.45, 7) is 4.66. The summed E-state index contributed by atoms with van der Waals surface area (Å²) in [5.41, 5.74) is 1.25. The zero-order chi connectivity index (χ0) is 14.9. The van der Waals surface area contributed by atoms with E-state index in [1.807, 2.05) is 0 Å². The van der Waals surface area contributed by atoms with E-state index < -0.39 is 11.6 Å². The molecule has 0 bridgehead atoms. The van der Waals surface area contributed by atoms with Crippen molar-refractivity contribution in [3.63, 3.8) is 0 Å². The lowest BCUT2D eigenvalue weighted by Gasteiger charge is -2.12. The molecule has 4 heteroatoms. The summed E-state index contributed by atoms with van der Waals surface area (Å²) in [6, 6.07) is 6.94. The van der Waals surface area contributed by atoms with E-state index in [9.17, 15) is 13.6 Å². The molecule has 0 atom stereocenters. The summed E-state index contributed by atoms with van der Waals surface area (Å²) in [6.07, 6.45) is 0. The van der Waals surface area contributed by atoms with Gasteiger partial charge in [-0.15, -0.1) is 0 Å². The van der Waals surface area contributed by atoms with Crippen LogP contribution in [0, 0.1) is 25.5 Å². The second kappa shape index (κ2) is 5.41. The number of halogens is 2. The van der Waals surface area contributed by atoms with Crippen molar-refractivity contribution >= 4 is 5.78 Å². The quantitative estimate of drug-likeness (QED) is 0.767. The van der Waals surface area contributed by atoms with Crippen LogP contribution in [0.3, 0.4) is 0 Å². The fourth-order valence-electron chi connectivity index (χ4n) is 1.82. The number of ketones is 1. The molecular formula is C16H14F2O2. The highest BCUT2D eigenvalue weighted by molar-refractivity contribution is 5.97. The van der Waals surface area contributed by atoms with Crippen LogP contribution in [0.5, 0.6) is 11.5 Å². The summed E-state index contributed by atoms with van der Waals surface area (Å²) < 4.78 is 32.7. The smallest absolute Gasteiger partial charge is 0.165 e. The van der Waals surface area contributed by atoms with E-state index in [1.54, 1.807) is 19.9 Å². The van der Waals surface area contributed by atoms with Gasteiger partial charge in [-0.1, -0.05) is 6.07 Å². The molecule has 0 aliphatic rings. The molecule has 2 aromatic carbocycles. The number of ether oxygens (including phenoxy) is 1. The van der Waals surface area contributed by atoms with Gasteiger partial charge in [-0.2, -0.15) is 0 Å². The Bertz CT molecular complexity index is 678. The lowest BCUT2D eigenvalue weighted by Crippen LogP contribution is -2.01. The molecule has 2 rings (SSSR count). The van der Waals surface area contributed by atoms with Gasteiger partial charge in [-0.05, 0) is 56.2 Å². The normalized spacial score (nSPS) is 10.4. The Morgan fingerprint density at radius 3 is 2.35 bits per heavy atom. The van der Waals surface area contributed by atoms with Crippen LogP contribution in [0.1, 0.15) is 28.4 Å². The summed E-state index contributed by atoms with van der Waals surface area (Å²) in [4.78, 5) is 11.5. The maximum absolute atomic E-state index is 13.7. The summed E-state index contributed by atoms with van der Waals surface area (Å²) in [7, 11) is 0. The van der Waals surface area contributed by atoms with Crippen molar-refractivity contribution in [2.75, 3.05) is 0 Å². The Morgan fingerprint density at radius 1 is 1.00 bits per heavy atom. The van der Waals surface area contributed by atoms with Crippen LogP contribution >= 0.6 is 0 Å². The molecule has 0 N–H and O–H groups in total. The molecule has 0 saturated carbocycles. The molecule has 0 radical (unpaired) electrons. The third-order valence-electron chi connectivity index (χ3n) is 2.95. The minimum absolute atomic E-state index is 0.0125. The topological polar surface area (TPSA) is 26.3 Å². The van der Waals surface area contributed by atoms with Crippen molar-refractivity contribution in [1.82, 2.24) is 0 Å². The third kappa shape index (κ3) is 2.85. The molecule has 0 saturated heterocycles. The molecule has 0 fully saturated rings. The van der Waals surface area contributed by atoms with E-state index in [0.717, 1.165) is 11.6 Å². The van der Waals surface area contributed by atoms with Gasteiger partial charge in [0.05, 0.1) is 5.56 Å². The fourth-order valence-corrected chi connectivity index (χ4v) is 1.82. The van der Waals surface area contributed by atoms with Crippen LogP contribution in [0.15, 0.2) is 30.3 Å². The van der Waals surface area contributed by atoms with E-state index in [0.29, 0.717) is 5.56 Å². The Hall–Kier alpha value is -2.23. The number of carbonyl (C=O) groups is 1. The van der Waals surface area contributed by atoms with Crippen LogP contribution in [0.4, 0.5) is 8.78 Å². The second-order valence-electron chi connectivity index (χ2n) is 4.69. The van der Waals surface area contributed by atoms with Crippen molar-refractivity contribution in [3.05, 3.63) is 58.7 Å². The first-order valence-corrected chi connectivity index (χ1v) is 6.13. The molecule has 0 aromatic heterocycles. The Balaban J connectivity index is 2.50. The highest BCUT2D eigenvalue weighted by Gasteiger charge is 2.15. The number of carbonyl (C=O) groups excluding carboxylic acids is 1. The molecular weight excluding hydrogens is 262 g/mol. The van der Waals surface area contributed by atoms with Crippen LogP contribution in [-0.4, -0.2) is 5.78 Å². The minimum Gasteiger partial charge on any atom is -0.454 e. The highest BCUT2D eigenvalue weighted by Crippen LogP contribution is 2.30. The lowest BCUT2D eigenvalue weighted by molar-refractivity contribution is 0.101. The second-order valence-corrected chi connectivity index (χ2v) is 4.69. The first-order valence-electron chi connectivity index (χ1n) is 6.13. The number of rotatable bonds is 3. The average molecular weight is 276 g/mol. The van der Waals surface area contributed by atoms with Crippen LogP contribution in [0.25, 0.3) is 0 Å². The monoisotopic (exact) mass is 276 g/mol. The van der Waals surface area contributed by atoms with E-state index in [4.69, 9.17) is 4.74 Å². The Morgan fingerprint density at radius 2 is 1.70 bits per heavy atom. The number of Topliss-reactive ketones (excluding diaryl/α,β-unsaturated/α-hetero) is 1. The number of aryl methyl sites for hydroxylation is 2. The summed E-state index contributed by atoms with van der Waals surface area (Å²) in [5, 5.41) is 0. The van der Waals surface area contributed by atoms with Gasteiger partial charge in [0.15, 0.2) is 17.3 Å². The molecule has 2 aromatic rings. The first-order chi connectivity index (χ1) is 9.38. The van der Waals surface area contributed by atoms with Gasteiger partial charge in [0.2, 0.25) is 0 Å². The average Bonchev–Trinajstić information content (AvgIpc) is 2.37. The van der Waals surface area contributed by atoms with E-state index in [1.165, 1.54) is 25.1 Å². The van der Waals surface area contributed by atoms with Gasteiger partial charge in [-0.3, -0.25) is 4.79 Å². The zero-order valence-electron chi connectivity index (χ0n) is 11.5. The summed E-state index contributed by atoms with van der Waals surface area (Å²) >= 11 is 0. The van der Waals surface area contributed by atoms with Crippen LogP contribution in [0.2, 0.25) is 0 Å². The van der Waals surface area contributed by atoms with Gasteiger partial charge >= 0.3 is 0 Å². The Kier molecular flexibility index (Phi) is 3.84. The van der Waals surface area contributed by atoms with E-state index >= 15 is 0 Å². The number of benzene rings is 2. The van der Waals surface area contributed by atoms with Crippen molar-refractivity contribution in [3.8, 4) is 11.5 Å². The maximum Gasteiger partial charge on any atom is 0.165 e. The van der Waals surface area contributed by atoms with Gasteiger partial charge in [-0.25, -0.2) is 8.78 Å². The molecule has 0 heterocycles. The predicted molar refractivity (Wildman–Crippen MR) is 72.4 cm³/mol. The standard InChI is InChI=1S/C16H14F2O2/c1-9-4-5-13(17)16(6-9)20-15-7-10(2)14(18)8-12(15)11(3)19/h4-8H,1-3H3. The largest absolute Gasteiger partial charge is 0.454 e. The van der Waals surface area contributed by atoms with Gasteiger partial charge in [0.25, 0.3) is 0 Å². The molecule has 0 amide bonds. The van der Waals surface area contributed by atoms with Crippen molar-refractivity contribution < 1.29 is 18.3 Å². The molecule has 0 unspecified atom stereocenters. The third-order valence-corrected chi connectivity index (χ3v) is 2.95.